The lowest BCUT2D eigenvalue weighted by Gasteiger charge is -2.32. The molecular formula is C13H27ClN2O2S. The summed E-state index contributed by atoms with van der Waals surface area (Å²) < 4.78 is 24.7. The fourth-order valence-corrected chi connectivity index (χ4v) is 3.78. The molecular weight excluding hydrogens is 284 g/mol. The number of rotatable bonds is 7. The lowest BCUT2D eigenvalue weighted by Crippen LogP contribution is -2.45. The van der Waals surface area contributed by atoms with Gasteiger partial charge >= 0.3 is 0 Å². The molecule has 4 nitrogen and oxygen atoms in total. The molecule has 0 aromatic heterocycles. The molecule has 114 valence electrons. The Hall–Kier alpha value is 0.160. The van der Waals surface area contributed by atoms with Crippen molar-refractivity contribution in [1.82, 2.24) is 9.62 Å². The van der Waals surface area contributed by atoms with E-state index < -0.39 is 10.0 Å². The summed E-state index contributed by atoms with van der Waals surface area (Å²) in [5.41, 5.74) is 0. The summed E-state index contributed by atoms with van der Waals surface area (Å²) in [5, 5.41) is 3.56. The van der Waals surface area contributed by atoms with Gasteiger partial charge in [0.15, 0.2) is 0 Å². The van der Waals surface area contributed by atoms with Gasteiger partial charge in [0.05, 0.1) is 6.26 Å². The number of nitrogens with one attached hydrogen (secondary N) is 1. The Bertz CT molecular complexity index is 360. The van der Waals surface area contributed by atoms with Crippen LogP contribution in [0.5, 0.6) is 0 Å². The summed E-state index contributed by atoms with van der Waals surface area (Å²) in [4.78, 5) is 0. The zero-order valence-electron chi connectivity index (χ0n) is 12.2. The minimum Gasteiger partial charge on any atom is -0.313 e. The van der Waals surface area contributed by atoms with Gasteiger partial charge in [-0.1, -0.05) is 13.8 Å². The molecule has 0 aromatic carbocycles. The maximum atomic E-state index is 11.6. The molecule has 1 rings (SSSR count). The molecule has 6 heteroatoms. The van der Waals surface area contributed by atoms with Crippen LogP contribution in [0.3, 0.4) is 0 Å². The molecule has 1 N–H and O–H groups in total. The molecule has 1 saturated heterocycles. The van der Waals surface area contributed by atoms with Crippen LogP contribution in [0.1, 0.15) is 33.1 Å². The molecule has 0 bridgehead atoms. The second-order valence-electron chi connectivity index (χ2n) is 5.87. The van der Waals surface area contributed by atoms with Gasteiger partial charge in [0, 0.05) is 25.0 Å². The van der Waals surface area contributed by atoms with E-state index >= 15 is 0 Å². The average molecular weight is 311 g/mol. The molecule has 2 atom stereocenters. The van der Waals surface area contributed by atoms with E-state index in [4.69, 9.17) is 11.6 Å². The van der Waals surface area contributed by atoms with Crippen molar-refractivity contribution in [2.45, 2.75) is 39.2 Å². The first kappa shape index (κ1) is 17.2. The molecule has 1 aliphatic heterocycles. The Morgan fingerprint density at radius 2 is 2.11 bits per heavy atom. The number of piperidine rings is 1. The van der Waals surface area contributed by atoms with Crippen molar-refractivity contribution >= 4 is 21.6 Å². The highest BCUT2D eigenvalue weighted by Crippen LogP contribution is 2.18. The van der Waals surface area contributed by atoms with Gasteiger partial charge in [-0.2, -0.15) is 0 Å². The molecule has 0 aliphatic carbocycles. The van der Waals surface area contributed by atoms with Crippen molar-refractivity contribution in [1.29, 1.82) is 0 Å². The van der Waals surface area contributed by atoms with Crippen molar-refractivity contribution in [3.8, 4) is 0 Å². The van der Waals surface area contributed by atoms with E-state index in [9.17, 15) is 8.42 Å². The summed E-state index contributed by atoms with van der Waals surface area (Å²) >= 11 is 5.82. The molecule has 0 saturated carbocycles. The second-order valence-corrected chi connectivity index (χ2v) is 8.23. The minimum atomic E-state index is -3.04. The third-order valence-corrected chi connectivity index (χ3v) is 5.33. The number of sulfonamides is 1. The Kier molecular flexibility index (Phi) is 7.08. The van der Waals surface area contributed by atoms with Crippen LogP contribution in [-0.2, 0) is 10.0 Å². The lowest BCUT2D eigenvalue weighted by atomic mass is 9.97. The van der Waals surface area contributed by atoms with Crippen LogP contribution in [0, 0.1) is 11.8 Å². The number of nitrogens with zero attached hydrogens (tertiary/aromatic N) is 1. The van der Waals surface area contributed by atoms with E-state index in [1.165, 1.54) is 6.26 Å². The van der Waals surface area contributed by atoms with Gasteiger partial charge in [-0.05, 0) is 37.6 Å². The lowest BCUT2D eigenvalue weighted by molar-refractivity contribution is 0.246. The van der Waals surface area contributed by atoms with E-state index in [1.54, 1.807) is 4.31 Å². The number of alkyl halides is 1. The van der Waals surface area contributed by atoms with Gasteiger partial charge in [-0.3, -0.25) is 0 Å². The quantitative estimate of drug-likeness (QED) is 0.731. The van der Waals surface area contributed by atoms with Crippen LogP contribution in [0.25, 0.3) is 0 Å². The van der Waals surface area contributed by atoms with Gasteiger partial charge in [-0.15, -0.1) is 11.6 Å². The predicted molar refractivity (Wildman–Crippen MR) is 81.1 cm³/mol. The van der Waals surface area contributed by atoms with Crippen molar-refractivity contribution in [2.24, 2.45) is 11.8 Å². The Balaban J connectivity index is 2.44. The van der Waals surface area contributed by atoms with Gasteiger partial charge in [-0.25, -0.2) is 12.7 Å². The van der Waals surface area contributed by atoms with Crippen LogP contribution >= 0.6 is 11.6 Å². The number of halogens is 1. The summed E-state index contributed by atoms with van der Waals surface area (Å²) in [6, 6.07) is 0.422. The fourth-order valence-electron chi connectivity index (χ4n) is 2.60. The predicted octanol–water partition coefficient (Wildman–Crippen LogP) is 1.90. The maximum absolute atomic E-state index is 11.6. The zero-order valence-corrected chi connectivity index (χ0v) is 13.8. The van der Waals surface area contributed by atoms with Crippen LogP contribution in [0.15, 0.2) is 0 Å². The first-order valence-corrected chi connectivity index (χ1v) is 9.47. The topological polar surface area (TPSA) is 49.4 Å². The highest BCUT2D eigenvalue weighted by Gasteiger charge is 2.26. The van der Waals surface area contributed by atoms with Crippen molar-refractivity contribution in [3.05, 3.63) is 0 Å². The maximum Gasteiger partial charge on any atom is 0.211 e. The zero-order chi connectivity index (χ0) is 14.5. The first-order chi connectivity index (χ1) is 8.84. The average Bonchev–Trinajstić information content (AvgIpc) is 2.33. The fraction of sp³-hybridized carbons (Fsp3) is 1.00. The van der Waals surface area contributed by atoms with Crippen LogP contribution in [-0.4, -0.2) is 50.5 Å². The largest absolute Gasteiger partial charge is 0.313 e. The smallest absolute Gasteiger partial charge is 0.211 e. The van der Waals surface area contributed by atoms with Gasteiger partial charge in [0.2, 0.25) is 10.0 Å². The first-order valence-electron chi connectivity index (χ1n) is 7.09. The summed E-state index contributed by atoms with van der Waals surface area (Å²) in [5.74, 6) is 1.63. The molecule has 1 heterocycles. The molecule has 1 aliphatic rings. The van der Waals surface area contributed by atoms with Crippen LogP contribution in [0.2, 0.25) is 0 Å². The third kappa shape index (κ3) is 5.98. The molecule has 0 spiro atoms. The standard InChI is InChI=1S/C13H27ClN2O2S/c1-11(2)13(6-7-14)15-9-12-5-4-8-16(10-12)19(3,17)18/h11-13,15H,4-10H2,1-3H3. The Morgan fingerprint density at radius 1 is 1.42 bits per heavy atom. The molecule has 2 unspecified atom stereocenters. The SMILES string of the molecule is CC(C)C(CCCl)NCC1CCCN(S(C)(=O)=O)C1. The Morgan fingerprint density at radius 3 is 2.63 bits per heavy atom. The minimum absolute atomic E-state index is 0.417. The molecule has 0 amide bonds. The number of hydrogen-bond donors (Lipinski definition) is 1. The van der Waals surface area contributed by atoms with Crippen molar-refractivity contribution < 1.29 is 8.42 Å². The van der Waals surface area contributed by atoms with Gasteiger partial charge in [0.1, 0.15) is 0 Å². The van der Waals surface area contributed by atoms with E-state index in [-0.39, 0.29) is 0 Å². The highest BCUT2D eigenvalue weighted by atomic mass is 35.5. The van der Waals surface area contributed by atoms with Crippen LogP contribution in [0.4, 0.5) is 0 Å². The molecule has 1 fully saturated rings. The Labute approximate surface area is 122 Å². The van der Waals surface area contributed by atoms with Gasteiger partial charge in [0.25, 0.3) is 0 Å². The van der Waals surface area contributed by atoms with E-state index in [0.29, 0.717) is 36.8 Å². The summed E-state index contributed by atoms with van der Waals surface area (Å²) in [6.07, 6.45) is 4.32. The highest BCUT2D eigenvalue weighted by molar-refractivity contribution is 7.88. The van der Waals surface area contributed by atoms with E-state index in [2.05, 4.69) is 19.2 Å². The monoisotopic (exact) mass is 310 g/mol. The third-order valence-electron chi connectivity index (χ3n) is 3.84. The summed E-state index contributed by atoms with van der Waals surface area (Å²) in [7, 11) is -3.04. The van der Waals surface area contributed by atoms with Crippen LogP contribution < -0.4 is 5.32 Å². The molecule has 0 radical (unpaired) electrons. The molecule has 0 aromatic rings. The van der Waals surface area contributed by atoms with E-state index in [1.807, 2.05) is 0 Å². The van der Waals surface area contributed by atoms with Gasteiger partial charge < -0.3 is 5.32 Å². The number of hydrogen-bond acceptors (Lipinski definition) is 3. The molecule has 19 heavy (non-hydrogen) atoms. The van der Waals surface area contributed by atoms with E-state index in [0.717, 1.165) is 25.8 Å². The second kappa shape index (κ2) is 7.81. The van der Waals surface area contributed by atoms with Crippen molar-refractivity contribution in [2.75, 3.05) is 31.8 Å². The van der Waals surface area contributed by atoms with Crippen molar-refractivity contribution in [3.63, 3.8) is 0 Å². The summed E-state index contributed by atoms with van der Waals surface area (Å²) in [6.45, 7) is 6.58. The normalized spacial score (nSPS) is 23.7.